The van der Waals surface area contributed by atoms with Crippen molar-refractivity contribution in [3.05, 3.63) is 71.8 Å². The molecule has 0 radical (unpaired) electrons. The summed E-state index contributed by atoms with van der Waals surface area (Å²) in [5.41, 5.74) is -0.0942. The molecule has 0 bridgehead atoms. The van der Waals surface area contributed by atoms with Gasteiger partial charge >= 0.3 is 6.03 Å². The zero-order chi connectivity index (χ0) is 20.1. The number of benzene rings is 2. The summed E-state index contributed by atoms with van der Waals surface area (Å²) in [6, 6.07) is 17.2. The van der Waals surface area contributed by atoms with Gasteiger partial charge in [-0.15, -0.1) is 0 Å². The van der Waals surface area contributed by atoms with Gasteiger partial charge in [-0.3, -0.25) is 14.5 Å². The molecule has 3 rings (SSSR count). The van der Waals surface area contributed by atoms with E-state index in [1.807, 2.05) is 12.1 Å². The zero-order valence-corrected chi connectivity index (χ0v) is 15.8. The number of amides is 4. The molecule has 0 aliphatic carbocycles. The zero-order valence-electron chi connectivity index (χ0n) is 15.8. The number of methoxy groups -OCH3 is 1. The molecule has 1 fully saturated rings. The van der Waals surface area contributed by atoms with Crippen LogP contribution in [0.5, 0.6) is 0 Å². The summed E-state index contributed by atoms with van der Waals surface area (Å²) < 4.78 is 4.99. The molecular weight excluding hydrogens is 358 g/mol. The largest absolute Gasteiger partial charge is 0.383 e. The minimum atomic E-state index is -1.36. The highest BCUT2D eigenvalue weighted by Gasteiger charge is 2.54. The second kappa shape index (κ2) is 8.22. The lowest BCUT2D eigenvalue weighted by Gasteiger charge is -2.28. The van der Waals surface area contributed by atoms with Crippen LogP contribution in [0.4, 0.5) is 4.79 Å². The average molecular weight is 381 g/mol. The van der Waals surface area contributed by atoms with Gasteiger partial charge in [-0.2, -0.15) is 0 Å². The first kappa shape index (κ1) is 19.6. The van der Waals surface area contributed by atoms with Crippen LogP contribution >= 0.6 is 0 Å². The molecule has 0 unspecified atom stereocenters. The molecule has 1 aliphatic rings. The van der Waals surface area contributed by atoms with Gasteiger partial charge in [0, 0.05) is 13.2 Å². The molecule has 7 heteroatoms. The quantitative estimate of drug-likeness (QED) is 0.714. The molecule has 1 saturated heterocycles. The van der Waals surface area contributed by atoms with Crippen LogP contribution in [0, 0.1) is 0 Å². The third kappa shape index (κ3) is 3.61. The van der Waals surface area contributed by atoms with E-state index in [0.29, 0.717) is 17.7 Å². The van der Waals surface area contributed by atoms with Crippen molar-refractivity contribution in [2.24, 2.45) is 0 Å². The highest BCUT2D eigenvalue weighted by molar-refractivity contribution is 6.11. The summed E-state index contributed by atoms with van der Waals surface area (Å²) in [7, 11) is 1.54. The number of urea groups is 1. The van der Waals surface area contributed by atoms with Gasteiger partial charge in [0.15, 0.2) is 5.54 Å². The lowest BCUT2D eigenvalue weighted by Crippen LogP contribution is -2.47. The number of hydrogen-bond donors (Lipinski definition) is 2. The van der Waals surface area contributed by atoms with Crippen LogP contribution in [-0.4, -0.2) is 49.0 Å². The van der Waals surface area contributed by atoms with Gasteiger partial charge in [-0.25, -0.2) is 4.79 Å². The number of nitrogens with zero attached hydrogens (tertiary/aromatic N) is 1. The Kier molecular flexibility index (Phi) is 5.75. The van der Waals surface area contributed by atoms with Crippen LogP contribution in [0.1, 0.15) is 18.1 Å². The molecule has 1 atom stereocenters. The molecule has 2 aromatic rings. The summed E-state index contributed by atoms with van der Waals surface area (Å²) in [4.78, 5) is 39.4. The lowest BCUT2D eigenvalue weighted by molar-refractivity contribution is -0.134. The summed E-state index contributed by atoms with van der Waals surface area (Å²) in [6.07, 6.45) is 0. The van der Waals surface area contributed by atoms with Crippen LogP contribution in [0.3, 0.4) is 0 Å². The van der Waals surface area contributed by atoms with Crippen LogP contribution in [0.15, 0.2) is 60.7 Å². The molecule has 4 amide bonds. The number of carbonyl (C=O) groups excluding carboxylic acids is 3. The van der Waals surface area contributed by atoms with E-state index in [2.05, 4.69) is 10.6 Å². The van der Waals surface area contributed by atoms with Gasteiger partial charge < -0.3 is 15.4 Å². The van der Waals surface area contributed by atoms with Gasteiger partial charge in [0.1, 0.15) is 6.54 Å². The van der Waals surface area contributed by atoms with Crippen LogP contribution < -0.4 is 10.6 Å². The Hall–Kier alpha value is -3.19. The SMILES string of the molecule is COC[C@H](C)NC(=O)CN1C(=O)NC(c2ccccc2)(c2ccccc2)C1=O. The number of ether oxygens (including phenoxy) is 1. The molecular formula is C21H23N3O4. The van der Waals surface area contributed by atoms with E-state index in [1.165, 1.54) is 7.11 Å². The molecule has 1 heterocycles. The predicted octanol–water partition coefficient (Wildman–Crippen LogP) is 1.63. The fraction of sp³-hybridized carbons (Fsp3) is 0.286. The number of hydrogen-bond acceptors (Lipinski definition) is 4. The van der Waals surface area contributed by atoms with E-state index < -0.39 is 23.4 Å². The van der Waals surface area contributed by atoms with E-state index in [4.69, 9.17) is 4.74 Å². The fourth-order valence-electron chi connectivity index (χ4n) is 3.41. The fourth-order valence-corrected chi connectivity index (χ4v) is 3.41. The summed E-state index contributed by atoms with van der Waals surface area (Å²) in [5, 5.41) is 5.53. The number of rotatable bonds is 7. The molecule has 7 nitrogen and oxygen atoms in total. The van der Waals surface area contributed by atoms with E-state index in [0.717, 1.165) is 4.90 Å². The second-order valence-corrected chi connectivity index (χ2v) is 6.73. The Morgan fingerprint density at radius 1 is 1.07 bits per heavy atom. The van der Waals surface area contributed by atoms with Gasteiger partial charge in [-0.1, -0.05) is 60.7 Å². The molecule has 146 valence electrons. The van der Waals surface area contributed by atoms with Crippen molar-refractivity contribution < 1.29 is 19.1 Å². The van der Waals surface area contributed by atoms with E-state index in [9.17, 15) is 14.4 Å². The summed E-state index contributed by atoms with van der Waals surface area (Å²) in [6.45, 7) is 1.76. The Morgan fingerprint density at radius 3 is 2.11 bits per heavy atom. The Bertz CT molecular complexity index is 815. The Morgan fingerprint density at radius 2 is 1.61 bits per heavy atom. The molecule has 1 aliphatic heterocycles. The summed E-state index contributed by atoms with van der Waals surface area (Å²) >= 11 is 0. The number of imide groups is 1. The second-order valence-electron chi connectivity index (χ2n) is 6.73. The average Bonchev–Trinajstić information content (AvgIpc) is 2.95. The Labute approximate surface area is 163 Å². The standard InChI is InChI=1S/C21H23N3O4/c1-15(14-28-2)22-18(25)13-24-19(26)21(23-20(24)27,16-9-5-3-6-10-16)17-11-7-4-8-12-17/h3-12,15H,13-14H2,1-2H3,(H,22,25)(H,23,27)/t15-/m0/s1. The first-order valence-corrected chi connectivity index (χ1v) is 9.02. The van der Waals surface area contributed by atoms with Crippen LogP contribution in [0.25, 0.3) is 0 Å². The van der Waals surface area contributed by atoms with Crippen LogP contribution in [-0.2, 0) is 19.9 Å². The Balaban J connectivity index is 1.92. The van der Waals surface area contributed by atoms with Crippen LogP contribution in [0.2, 0.25) is 0 Å². The topological polar surface area (TPSA) is 87.7 Å². The van der Waals surface area contributed by atoms with E-state index in [-0.39, 0.29) is 12.6 Å². The third-order valence-corrected chi connectivity index (χ3v) is 4.64. The van der Waals surface area contributed by atoms with Gasteiger partial charge in [0.2, 0.25) is 5.91 Å². The number of carbonyl (C=O) groups is 3. The number of nitrogens with one attached hydrogen (secondary N) is 2. The van der Waals surface area contributed by atoms with Gasteiger partial charge in [-0.05, 0) is 18.1 Å². The predicted molar refractivity (Wildman–Crippen MR) is 103 cm³/mol. The van der Waals surface area contributed by atoms with Crippen molar-refractivity contribution in [2.75, 3.05) is 20.3 Å². The summed E-state index contributed by atoms with van der Waals surface area (Å²) in [5.74, 6) is -0.908. The molecule has 2 N–H and O–H groups in total. The highest BCUT2D eigenvalue weighted by atomic mass is 16.5. The van der Waals surface area contributed by atoms with Crippen molar-refractivity contribution in [1.82, 2.24) is 15.5 Å². The van der Waals surface area contributed by atoms with Crippen molar-refractivity contribution in [1.29, 1.82) is 0 Å². The van der Waals surface area contributed by atoms with Gasteiger partial charge in [0.25, 0.3) is 5.91 Å². The maximum Gasteiger partial charge on any atom is 0.326 e. The normalized spacial score (nSPS) is 16.6. The maximum atomic E-state index is 13.4. The smallest absolute Gasteiger partial charge is 0.326 e. The lowest BCUT2D eigenvalue weighted by atomic mass is 9.82. The minimum absolute atomic E-state index is 0.230. The third-order valence-electron chi connectivity index (χ3n) is 4.64. The van der Waals surface area contributed by atoms with E-state index in [1.54, 1.807) is 55.5 Å². The van der Waals surface area contributed by atoms with Crippen molar-refractivity contribution >= 4 is 17.8 Å². The molecule has 2 aromatic carbocycles. The van der Waals surface area contributed by atoms with E-state index >= 15 is 0 Å². The molecule has 0 aromatic heterocycles. The first-order chi connectivity index (χ1) is 13.5. The minimum Gasteiger partial charge on any atom is -0.383 e. The van der Waals surface area contributed by atoms with Gasteiger partial charge in [0.05, 0.1) is 6.61 Å². The molecule has 0 spiro atoms. The molecule has 0 saturated carbocycles. The first-order valence-electron chi connectivity index (χ1n) is 9.02. The van der Waals surface area contributed by atoms with Crippen molar-refractivity contribution in [3.63, 3.8) is 0 Å². The monoisotopic (exact) mass is 381 g/mol. The maximum absolute atomic E-state index is 13.4. The highest BCUT2D eigenvalue weighted by Crippen LogP contribution is 2.35. The van der Waals surface area contributed by atoms with Crippen molar-refractivity contribution in [2.45, 2.75) is 18.5 Å². The molecule has 28 heavy (non-hydrogen) atoms. The van der Waals surface area contributed by atoms with Crippen molar-refractivity contribution in [3.8, 4) is 0 Å².